The van der Waals surface area contributed by atoms with E-state index in [-0.39, 0.29) is 5.91 Å². The first-order chi connectivity index (χ1) is 10.3. The highest BCUT2D eigenvalue weighted by Crippen LogP contribution is 2.13. The maximum Gasteiger partial charge on any atom is 0.220 e. The van der Waals surface area contributed by atoms with Gasteiger partial charge in [0.15, 0.2) is 0 Å². The maximum atomic E-state index is 11.7. The summed E-state index contributed by atoms with van der Waals surface area (Å²) in [6.07, 6.45) is 4.12. The monoisotopic (exact) mass is 289 g/mol. The molecule has 0 radical (unpaired) electrons. The van der Waals surface area contributed by atoms with E-state index in [1.807, 2.05) is 7.05 Å². The highest BCUT2D eigenvalue weighted by atomic mass is 16.1. The van der Waals surface area contributed by atoms with E-state index in [0.717, 1.165) is 19.5 Å². The summed E-state index contributed by atoms with van der Waals surface area (Å²) in [5.41, 5.74) is 2.53. The molecule has 1 aromatic rings. The lowest BCUT2D eigenvalue weighted by Gasteiger charge is -2.15. The van der Waals surface area contributed by atoms with E-state index in [1.165, 1.54) is 37.1 Å². The first kappa shape index (κ1) is 16.0. The van der Waals surface area contributed by atoms with Crippen LogP contribution in [0.5, 0.6) is 0 Å². The second-order valence-electron chi connectivity index (χ2n) is 5.79. The molecular weight excluding hydrogens is 262 g/mol. The van der Waals surface area contributed by atoms with Gasteiger partial charge in [-0.15, -0.1) is 0 Å². The summed E-state index contributed by atoms with van der Waals surface area (Å²) in [4.78, 5) is 14.2. The second kappa shape index (κ2) is 8.80. The van der Waals surface area contributed by atoms with E-state index in [0.29, 0.717) is 13.0 Å². The standard InChI is InChI=1S/C17H27N3O/c1-18-9-5-8-17(21)19-13-15-6-4-7-16(12-15)14-20-10-2-3-11-20/h4,6-7,12,18H,2-3,5,8-11,13-14H2,1H3,(H,19,21). The van der Waals surface area contributed by atoms with Crippen LogP contribution in [0.1, 0.15) is 36.8 Å². The van der Waals surface area contributed by atoms with Gasteiger partial charge >= 0.3 is 0 Å². The fraction of sp³-hybridized carbons (Fsp3) is 0.588. The van der Waals surface area contributed by atoms with E-state index in [1.54, 1.807) is 0 Å². The normalized spacial score (nSPS) is 15.3. The van der Waals surface area contributed by atoms with E-state index in [9.17, 15) is 4.79 Å². The van der Waals surface area contributed by atoms with Crippen LogP contribution in [0.3, 0.4) is 0 Å². The van der Waals surface area contributed by atoms with Crippen molar-refractivity contribution < 1.29 is 4.79 Å². The molecule has 1 heterocycles. The van der Waals surface area contributed by atoms with Crippen molar-refractivity contribution >= 4 is 5.91 Å². The van der Waals surface area contributed by atoms with Crippen molar-refractivity contribution in [1.29, 1.82) is 0 Å². The molecular formula is C17H27N3O. The van der Waals surface area contributed by atoms with Crippen LogP contribution in [0.4, 0.5) is 0 Å². The predicted octanol–water partition coefficient (Wildman–Crippen LogP) is 1.90. The van der Waals surface area contributed by atoms with Gasteiger partial charge in [0.1, 0.15) is 0 Å². The number of carbonyl (C=O) groups is 1. The molecule has 4 heteroatoms. The Hall–Kier alpha value is -1.39. The number of amides is 1. The number of benzene rings is 1. The Kier molecular flexibility index (Phi) is 6.70. The van der Waals surface area contributed by atoms with E-state index < -0.39 is 0 Å². The van der Waals surface area contributed by atoms with E-state index >= 15 is 0 Å². The van der Waals surface area contributed by atoms with Crippen LogP contribution in [0.15, 0.2) is 24.3 Å². The third-order valence-electron chi connectivity index (χ3n) is 3.92. The Bertz CT molecular complexity index is 441. The Morgan fingerprint density at radius 1 is 1.24 bits per heavy atom. The van der Waals surface area contributed by atoms with Crippen molar-refractivity contribution in [2.24, 2.45) is 0 Å². The SMILES string of the molecule is CNCCCC(=O)NCc1cccc(CN2CCCC2)c1. The van der Waals surface area contributed by atoms with Gasteiger partial charge in [0, 0.05) is 19.5 Å². The molecule has 1 aliphatic rings. The average molecular weight is 289 g/mol. The maximum absolute atomic E-state index is 11.7. The molecule has 4 nitrogen and oxygen atoms in total. The van der Waals surface area contributed by atoms with Gasteiger partial charge in [-0.1, -0.05) is 24.3 Å². The smallest absolute Gasteiger partial charge is 0.220 e. The van der Waals surface area contributed by atoms with Gasteiger partial charge in [-0.25, -0.2) is 0 Å². The lowest BCUT2D eigenvalue weighted by molar-refractivity contribution is -0.121. The number of likely N-dealkylation sites (tertiary alicyclic amines) is 1. The number of hydrogen-bond acceptors (Lipinski definition) is 3. The van der Waals surface area contributed by atoms with Crippen molar-refractivity contribution in [3.05, 3.63) is 35.4 Å². The van der Waals surface area contributed by atoms with Gasteiger partial charge in [0.2, 0.25) is 5.91 Å². The molecule has 1 amide bonds. The Balaban J connectivity index is 1.76. The van der Waals surface area contributed by atoms with E-state index in [2.05, 4.69) is 39.8 Å². The van der Waals surface area contributed by atoms with Crippen molar-refractivity contribution in [3.8, 4) is 0 Å². The molecule has 116 valence electrons. The molecule has 0 aliphatic carbocycles. The number of rotatable bonds is 8. The topological polar surface area (TPSA) is 44.4 Å². The number of hydrogen-bond donors (Lipinski definition) is 2. The van der Waals surface area contributed by atoms with Gasteiger partial charge in [-0.05, 0) is 57.1 Å². The largest absolute Gasteiger partial charge is 0.352 e. The Labute approximate surface area is 127 Å². The van der Waals surface area contributed by atoms with Gasteiger partial charge in [-0.3, -0.25) is 9.69 Å². The molecule has 2 N–H and O–H groups in total. The van der Waals surface area contributed by atoms with Gasteiger partial charge < -0.3 is 10.6 Å². The van der Waals surface area contributed by atoms with Crippen LogP contribution in [0, 0.1) is 0 Å². The van der Waals surface area contributed by atoms with Crippen LogP contribution in [-0.4, -0.2) is 37.5 Å². The zero-order valence-corrected chi connectivity index (χ0v) is 13.0. The summed E-state index contributed by atoms with van der Waals surface area (Å²) in [5, 5.41) is 6.05. The molecule has 1 saturated heterocycles. The lowest BCUT2D eigenvalue weighted by atomic mass is 10.1. The zero-order valence-electron chi connectivity index (χ0n) is 13.0. The third kappa shape index (κ3) is 5.86. The lowest BCUT2D eigenvalue weighted by Crippen LogP contribution is -2.24. The van der Waals surface area contributed by atoms with Crippen molar-refractivity contribution in [3.63, 3.8) is 0 Å². The molecule has 1 aromatic carbocycles. The minimum Gasteiger partial charge on any atom is -0.352 e. The van der Waals surface area contributed by atoms with Crippen LogP contribution in [-0.2, 0) is 17.9 Å². The van der Waals surface area contributed by atoms with Crippen LogP contribution in [0.25, 0.3) is 0 Å². The Morgan fingerprint density at radius 3 is 2.76 bits per heavy atom. The molecule has 21 heavy (non-hydrogen) atoms. The number of carbonyl (C=O) groups excluding carboxylic acids is 1. The second-order valence-corrected chi connectivity index (χ2v) is 5.79. The van der Waals surface area contributed by atoms with E-state index in [4.69, 9.17) is 0 Å². The highest BCUT2D eigenvalue weighted by molar-refractivity contribution is 5.75. The molecule has 0 saturated carbocycles. The molecule has 1 aliphatic heterocycles. The van der Waals surface area contributed by atoms with Crippen LogP contribution in [0.2, 0.25) is 0 Å². The minimum absolute atomic E-state index is 0.134. The number of nitrogens with one attached hydrogen (secondary N) is 2. The van der Waals surface area contributed by atoms with Crippen LogP contribution >= 0.6 is 0 Å². The van der Waals surface area contributed by atoms with Gasteiger partial charge in [-0.2, -0.15) is 0 Å². The predicted molar refractivity (Wildman–Crippen MR) is 86.0 cm³/mol. The zero-order chi connectivity index (χ0) is 14.9. The fourth-order valence-electron chi connectivity index (χ4n) is 2.75. The van der Waals surface area contributed by atoms with Gasteiger partial charge in [0.25, 0.3) is 0 Å². The minimum atomic E-state index is 0.134. The third-order valence-corrected chi connectivity index (χ3v) is 3.92. The van der Waals surface area contributed by atoms with Crippen molar-refractivity contribution in [2.45, 2.75) is 38.8 Å². The first-order valence-corrected chi connectivity index (χ1v) is 7.99. The summed E-state index contributed by atoms with van der Waals surface area (Å²) >= 11 is 0. The Morgan fingerprint density at radius 2 is 2.00 bits per heavy atom. The molecule has 2 rings (SSSR count). The fourth-order valence-corrected chi connectivity index (χ4v) is 2.75. The molecule has 0 bridgehead atoms. The quantitative estimate of drug-likeness (QED) is 0.718. The molecule has 0 aromatic heterocycles. The first-order valence-electron chi connectivity index (χ1n) is 7.99. The summed E-state index contributed by atoms with van der Waals surface area (Å²) < 4.78 is 0. The number of nitrogens with zero attached hydrogens (tertiary/aromatic N) is 1. The molecule has 0 atom stereocenters. The molecule has 1 fully saturated rings. The van der Waals surface area contributed by atoms with Crippen LogP contribution < -0.4 is 10.6 Å². The molecule has 0 spiro atoms. The summed E-state index contributed by atoms with van der Waals surface area (Å²) in [5.74, 6) is 0.134. The highest BCUT2D eigenvalue weighted by Gasteiger charge is 2.11. The van der Waals surface area contributed by atoms with Crippen molar-refractivity contribution in [2.75, 3.05) is 26.7 Å². The van der Waals surface area contributed by atoms with Crippen molar-refractivity contribution in [1.82, 2.24) is 15.5 Å². The van der Waals surface area contributed by atoms with Gasteiger partial charge in [0.05, 0.1) is 0 Å². The summed E-state index contributed by atoms with van der Waals surface area (Å²) in [7, 11) is 1.91. The molecule has 0 unspecified atom stereocenters. The summed E-state index contributed by atoms with van der Waals surface area (Å²) in [6, 6.07) is 8.57. The summed E-state index contributed by atoms with van der Waals surface area (Å²) in [6.45, 7) is 4.98. The average Bonchev–Trinajstić information content (AvgIpc) is 2.99.